The quantitative estimate of drug-likeness (QED) is 0.682. The van der Waals surface area contributed by atoms with Gasteiger partial charge in [-0.1, -0.05) is 23.7 Å². The largest absolute Gasteiger partial charge is 0.228 e. The van der Waals surface area contributed by atoms with E-state index in [1.54, 1.807) is 32.9 Å². The van der Waals surface area contributed by atoms with Crippen molar-refractivity contribution in [3.8, 4) is 0 Å². The highest BCUT2D eigenvalue weighted by Gasteiger charge is 2.36. The maximum absolute atomic E-state index is 12.3. The number of alkyl halides is 2. The van der Waals surface area contributed by atoms with E-state index in [-0.39, 0.29) is 17.5 Å². The molecule has 21 heavy (non-hydrogen) atoms. The molecule has 0 amide bonds. The molecule has 0 radical (unpaired) electrons. The molecule has 0 saturated carbocycles. The lowest BCUT2D eigenvalue weighted by molar-refractivity contribution is 0.502. The molecule has 1 aromatic rings. The van der Waals surface area contributed by atoms with E-state index in [9.17, 15) is 8.42 Å². The number of sulfone groups is 1. The second kappa shape index (κ2) is 7.08. The Hall–Kier alpha value is 0.0400. The highest BCUT2D eigenvalue weighted by molar-refractivity contribution is 7.92. The van der Waals surface area contributed by atoms with E-state index in [2.05, 4.69) is 0 Å². The Kier molecular flexibility index (Phi) is 6.43. The third-order valence-corrected chi connectivity index (χ3v) is 7.60. The lowest BCUT2D eigenvalue weighted by Gasteiger charge is -2.31. The second-order valence-electron chi connectivity index (χ2n) is 6.24. The standard InChI is InChI=1S/C15H21Cl3O2S/c1-14(2,3)21(19,20)8-7-15(10-16,11-17)12-5-4-6-13(18)9-12/h4-6,9H,7-8,10-11H2,1-3H3. The summed E-state index contributed by atoms with van der Waals surface area (Å²) in [4.78, 5) is 0. The molecule has 0 aromatic heterocycles. The summed E-state index contributed by atoms with van der Waals surface area (Å²) >= 11 is 18.3. The first-order valence-electron chi connectivity index (χ1n) is 6.68. The minimum Gasteiger partial charge on any atom is -0.228 e. The van der Waals surface area contributed by atoms with Gasteiger partial charge in [-0.15, -0.1) is 23.2 Å². The Morgan fingerprint density at radius 1 is 1.10 bits per heavy atom. The van der Waals surface area contributed by atoms with Crippen LogP contribution < -0.4 is 0 Å². The second-order valence-corrected chi connectivity index (χ2v) is 10.1. The first-order chi connectivity index (χ1) is 9.58. The molecule has 6 heteroatoms. The fourth-order valence-electron chi connectivity index (χ4n) is 1.92. The van der Waals surface area contributed by atoms with E-state index in [4.69, 9.17) is 34.8 Å². The van der Waals surface area contributed by atoms with Crippen molar-refractivity contribution in [2.45, 2.75) is 37.4 Å². The number of halogens is 3. The molecule has 2 nitrogen and oxygen atoms in total. The fraction of sp³-hybridized carbons (Fsp3) is 0.600. The molecule has 0 N–H and O–H groups in total. The monoisotopic (exact) mass is 370 g/mol. The van der Waals surface area contributed by atoms with Crippen LogP contribution in [0.25, 0.3) is 0 Å². The molecule has 0 bridgehead atoms. The zero-order valence-corrected chi connectivity index (χ0v) is 15.6. The van der Waals surface area contributed by atoms with Crippen LogP contribution >= 0.6 is 34.8 Å². The number of benzene rings is 1. The van der Waals surface area contributed by atoms with Crippen molar-refractivity contribution in [1.29, 1.82) is 0 Å². The zero-order valence-electron chi connectivity index (χ0n) is 12.5. The maximum Gasteiger partial charge on any atom is 0.155 e. The van der Waals surface area contributed by atoms with Crippen molar-refractivity contribution in [3.63, 3.8) is 0 Å². The molecule has 0 spiro atoms. The van der Waals surface area contributed by atoms with Gasteiger partial charge in [0.05, 0.1) is 10.5 Å². The smallest absolute Gasteiger partial charge is 0.155 e. The predicted molar refractivity (Wildman–Crippen MR) is 92.7 cm³/mol. The zero-order chi connectivity index (χ0) is 16.3. The van der Waals surface area contributed by atoms with Crippen LogP contribution in [0.15, 0.2) is 24.3 Å². The molecule has 0 atom stereocenters. The van der Waals surface area contributed by atoms with Gasteiger partial charge in [0.15, 0.2) is 9.84 Å². The Morgan fingerprint density at radius 2 is 1.67 bits per heavy atom. The Morgan fingerprint density at radius 3 is 2.10 bits per heavy atom. The fourth-order valence-corrected chi connectivity index (χ4v) is 4.25. The van der Waals surface area contributed by atoms with Crippen molar-refractivity contribution in [2.24, 2.45) is 0 Å². The summed E-state index contributed by atoms with van der Waals surface area (Å²) in [5.74, 6) is 0.537. The van der Waals surface area contributed by atoms with Crippen LogP contribution in [0.5, 0.6) is 0 Å². The first kappa shape index (κ1) is 19.1. The molecule has 0 fully saturated rings. The van der Waals surface area contributed by atoms with Crippen LogP contribution in [0.4, 0.5) is 0 Å². The molecule has 0 saturated heterocycles. The molecule has 120 valence electrons. The molecule has 0 heterocycles. The normalized spacial score (nSPS) is 13.4. The molecule has 1 aromatic carbocycles. The average molecular weight is 372 g/mol. The number of rotatable bonds is 6. The Bertz CT molecular complexity index is 573. The SMILES string of the molecule is CC(C)(C)S(=O)(=O)CCC(CCl)(CCl)c1cccc(Cl)c1. The lowest BCUT2D eigenvalue weighted by atomic mass is 9.82. The predicted octanol–water partition coefficient (Wildman–Crippen LogP) is 4.66. The lowest BCUT2D eigenvalue weighted by Crippen LogP contribution is -2.37. The van der Waals surface area contributed by atoms with Gasteiger partial charge in [-0.3, -0.25) is 0 Å². The minimum atomic E-state index is -3.22. The van der Waals surface area contributed by atoms with E-state index in [0.29, 0.717) is 11.4 Å². The van der Waals surface area contributed by atoms with Gasteiger partial charge in [-0.25, -0.2) is 8.42 Å². The van der Waals surface area contributed by atoms with Crippen molar-refractivity contribution < 1.29 is 8.42 Å². The maximum atomic E-state index is 12.3. The van der Waals surface area contributed by atoms with Crippen molar-refractivity contribution >= 4 is 44.6 Å². The highest BCUT2D eigenvalue weighted by atomic mass is 35.5. The molecule has 0 aliphatic carbocycles. The summed E-state index contributed by atoms with van der Waals surface area (Å²) in [5.41, 5.74) is 0.288. The van der Waals surface area contributed by atoms with E-state index in [0.717, 1.165) is 5.56 Å². The van der Waals surface area contributed by atoms with Crippen LogP contribution in [-0.4, -0.2) is 30.7 Å². The number of hydrogen-bond acceptors (Lipinski definition) is 2. The summed E-state index contributed by atoms with van der Waals surface area (Å²) in [7, 11) is -3.22. The third kappa shape index (κ3) is 4.51. The van der Waals surface area contributed by atoms with Gasteiger partial charge in [-0.05, 0) is 44.9 Å². The average Bonchev–Trinajstić information content (AvgIpc) is 2.39. The highest BCUT2D eigenvalue weighted by Crippen LogP contribution is 2.34. The van der Waals surface area contributed by atoms with Gasteiger partial charge in [0.1, 0.15) is 0 Å². The van der Waals surface area contributed by atoms with Crippen LogP contribution in [0.2, 0.25) is 5.02 Å². The summed E-state index contributed by atoms with van der Waals surface area (Å²) < 4.78 is 23.8. The van der Waals surface area contributed by atoms with Gasteiger partial charge >= 0.3 is 0 Å². The molecule has 0 aliphatic heterocycles. The van der Waals surface area contributed by atoms with E-state index in [1.807, 2.05) is 12.1 Å². The van der Waals surface area contributed by atoms with Crippen LogP contribution in [-0.2, 0) is 15.3 Å². The third-order valence-electron chi connectivity index (χ3n) is 3.73. The van der Waals surface area contributed by atoms with Gasteiger partial charge in [0, 0.05) is 22.2 Å². The molecular weight excluding hydrogens is 351 g/mol. The van der Waals surface area contributed by atoms with Gasteiger partial charge in [0.25, 0.3) is 0 Å². The molecule has 0 unspecified atom stereocenters. The van der Waals surface area contributed by atoms with Gasteiger partial charge < -0.3 is 0 Å². The van der Waals surface area contributed by atoms with E-state index < -0.39 is 20.0 Å². The molecular formula is C15H21Cl3O2S. The van der Waals surface area contributed by atoms with Crippen LogP contribution in [0.3, 0.4) is 0 Å². The topological polar surface area (TPSA) is 34.1 Å². The minimum absolute atomic E-state index is 0.0441. The van der Waals surface area contributed by atoms with Crippen LogP contribution in [0, 0.1) is 0 Å². The molecule has 0 aliphatic rings. The van der Waals surface area contributed by atoms with Crippen molar-refractivity contribution in [3.05, 3.63) is 34.9 Å². The summed E-state index contributed by atoms with van der Waals surface area (Å²) in [6.45, 7) is 5.10. The first-order valence-corrected chi connectivity index (χ1v) is 9.78. The molecule has 1 rings (SSSR count). The Labute approximate surface area is 142 Å². The van der Waals surface area contributed by atoms with E-state index >= 15 is 0 Å². The summed E-state index contributed by atoms with van der Waals surface area (Å²) in [6.07, 6.45) is 0.375. The Balaban J connectivity index is 3.09. The van der Waals surface area contributed by atoms with Crippen molar-refractivity contribution in [2.75, 3.05) is 17.5 Å². The van der Waals surface area contributed by atoms with Gasteiger partial charge in [0.2, 0.25) is 0 Å². The summed E-state index contributed by atoms with van der Waals surface area (Å²) in [6, 6.07) is 7.28. The van der Waals surface area contributed by atoms with E-state index in [1.165, 1.54) is 0 Å². The van der Waals surface area contributed by atoms with Crippen molar-refractivity contribution in [1.82, 2.24) is 0 Å². The number of hydrogen-bond donors (Lipinski definition) is 0. The van der Waals surface area contributed by atoms with Crippen LogP contribution in [0.1, 0.15) is 32.8 Å². The summed E-state index contributed by atoms with van der Waals surface area (Å²) in [5, 5.41) is 0.589. The van der Waals surface area contributed by atoms with Gasteiger partial charge in [-0.2, -0.15) is 0 Å².